The second kappa shape index (κ2) is 9.53. The first kappa shape index (κ1) is 23.1. The molecule has 0 saturated carbocycles. The fourth-order valence-electron chi connectivity index (χ4n) is 2.88. The van der Waals surface area contributed by atoms with Gasteiger partial charge in [0.25, 0.3) is 10.0 Å². The van der Waals surface area contributed by atoms with Crippen LogP contribution in [0.1, 0.15) is 33.6 Å². The zero-order valence-electron chi connectivity index (χ0n) is 17.4. The van der Waals surface area contributed by atoms with Crippen LogP contribution in [-0.4, -0.2) is 73.9 Å². The summed E-state index contributed by atoms with van der Waals surface area (Å²) in [7, 11) is -2.40. The van der Waals surface area contributed by atoms with Gasteiger partial charge < -0.3 is 15.0 Å². The number of nitrogens with zero attached hydrogens (tertiary/aromatic N) is 3. The zero-order chi connectivity index (χ0) is 21.7. The summed E-state index contributed by atoms with van der Waals surface area (Å²) in [5.41, 5.74) is -0.524. The maximum atomic E-state index is 12.7. The van der Waals surface area contributed by atoms with Crippen molar-refractivity contribution < 1.29 is 22.7 Å². The summed E-state index contributed by atoms with van der Waals surface area (Å²) in [4.78, 5) is 29.9. The molecule has 29 heavy (non-hydrogen) atoms. The monoisotopic (exact) mass is 426 g/mol. The van der Waals surface area contributed by atoms with E-state index in [9.17, 15) is 18.0 Å². The smallest absolute Gasteiger partial charge is 0.407 e. The highest BCUT2D eigenvalue weighted by atomic mass is 32.2. The largest absolute Gasteiger partial charge is 0.444 e. The van der Waals surface area contributed by atoms with Gasteiger partial charge in [0.05, 0.1) is 6.54 Å². The van der Waals surface area contributed by atoms with E-state index in [2.05, 4.69) is 10.3 Å². The molecule has 1 aliphatic rings. The van der Waals surface area contributed by atoms with Gasteiger partial charge in [-0.05, 0) is 25.0 Å². The molecule has 1 saturated heterocycles. The number of alkyl carbamates (subject to hydrolysis) is 1. The number of carbonyl (C=O) groups excluding carboxylic acids is 2. The maximum Gasteiger partial charge on any atom is 0.407 e. The van der Waals surface area contributed by atoms with E-state index in [0.717, 1.165) is 17.1 Å². The van der Waals surface area contributed by atoms with Crippen molar-refractivity contribution in [2.45, 2.75) is 44.7 Å². The van der Waals surface area contributed by atoms with Crippen molar-refractivity contribution in [1.82, 2.24) is 19.5 Å². The quantitative estimate of drug-likeness (QED) is 0.707. The number of aromatic nitrogens is 1. The number of rotatable bonds is 7. The van der Waals surface area contributed by atoms with Crippen molar-refractivity contribution in [3.05, 3.63) is 24.4 Å². The van der Waals surface area contributed by atoms with Crippen molar-refractivity contribution in [2.75, 3.05) is 33.2 Å². The minimum Gasteiger partial charge on any atom is -0.444 e. The average molecular weight is 427 g/mol. The molecule has 0 aliphatic carbocycles. The molecule has 1 atom stereocenters. The van der Waals surface area contributed by atoms with Crippen LogP contribution < -0.4 is 5.32 Å². The lowest BCUT2D eigenvalue weighted by molar-refractivity contribution is -0.129. The molecule has 1 unspecified atom stereocenters. The van der Waals surface area contributed by atoms with Crippen molar-refractivity contribution in [3.8, 4) is 0 Å². The molecule has 2 heterocycles. The first-order valence-corrected chi connectivity index (χ1v) is 11.1. The van der Waals surface area contributed by atoms with Crippen molar-refractivity contribution in [2.24, 2.45) is 5.41 Å². The molecule has 9 nitrogen and oxygen atoms in total. The van der Waals surface area contributed by atoms with Gasteiger partial charge in [-0.1, -0.05) is 26.8 Å². The number of amides is 2. The molecule has 0 bridgehead atoms. The molecular weight excluding hydrogens is 396 g/mol. The molecule has 0 aromatic carbocycles. The zero-order valence-corrected chi connectivity index (χ0v) is 18.2. The van der Waals surface area contributed by atoms with Crippen molar-refractivity contribution >= 4 is 22.0 Å². The summed E-state index contributed by atoms with van der Waals surface area (Å²) < 4.78 is 32.0. The number of likely N-dealkylation sites (tertiary alicyclic amines) is 1. The Balaban J connectivity index is 1.98. The molecule has 1 aliphatic heterocycles. The predicted octanol–water partition coefficient (Wildman–Crippen LogP) is 1.47. The SMILES string of the molecule is CN(CC(OC(=O)NCC(=O)N1CCCC1)C(C)(C)C)S(=O)(=O)c1ccccn1. The highest BCUT2D eigenvalue weighted by molar-refractivity contribution is 7.89. The summed E-state index contributed by atoms with van der Waals surface area (Å²) in [6.07, 6.45) is 1.87. The van der Waals surface area contributed by atoms with Gasteiger partial charge in [0.1, 0.15) is 12.6 Å². The van der Waals surface area contributed by atoms with Crippen LogP contribution in [0.5, 0.6) is 0 Å². The summed E-state index contributed by atoms with van der Waals surface area (Å²) in [6.45, 7) is 6.77. The normalized spacial score (nSPS) is 16.0. The van der Waals surface area contributed by atoms with E-state index in [4.69, 9.17) is 4.74 Å². The lowest BCUT2D eigenvalue weighted by Crippen LogP contribution is -2.46. The lowest BCUT2D eigenvalue weighted by Gasteiger charge is -2.33. The molecule has 1 N–H and O–H groups in total. The number of likely N-dealkylation sites (N-methyl/N-ethyl adjacent to an activating group) is 1. The minimum atomic E-state index is -3.82. The first-order valence-electron chi connectivity index (χ1n) is 9.61. The van der Waals surface area contributed by atoms with Crippen molar-refractivity contribution in [1.29, 1.82) is 0 Å². The Morgan fingerprint density at radius 3 is 2.48 bits per heavy atom. The van der Waals surface area contributed by atoms with Crippen LogP contribution in [0.25, 0.3) is 0 Å². The van der Waals surface area contributed by atoms with Crippen LogP contribution in [0.2, 0.25) is 0 Å². The van der Waals surface area contributed by atoms with E-state index in [1.54, 1.807) is 17.0 Å². The lowest BCUT2D eigenvalue weighted by atomic mass is 9.89. The summed E-state index contributed by atoms with van der Waals surface area (Å²) in [6, 6.07) is 4.64. The van der Waals surface area contributed by atoms with Crippen LogP contribution in [0, 0.1) is 5.41 Å². The second-order valence-electron chi connectivity index (χ2n) is 8.15. The van der Waals surface area contributed by atoms with Gasteiger partial charge in [0.2, 0.25) is 5.91 Å². The van der Waals surface area contributed by atoms with Gasteiger partial charge in [-0.25, -0.2) is 18.2 Å². The molecule has 2 rings (SSSR count). The van der Waals surface area contributed by atoms with Gasteiger partial charge >= 0.3 is 6.09 Å². The first-order chi connectivity index (χ1) is 13.5. The average Bonchev–Trinajstić information content (AvgIpc) is 3.20. The Hall–Kier alpha value is -2.20. The van der Waals surface area contributed by atoms with Gasteiger partial charge in [-0.3, -0.25) is 4.79 Å². The van der Waals surface area contributed by atoms with Crippen LogP contribution in [0.4, 0.5) is 4.79 Å². The van der Waals surface area contributed by atoms with E-state index in [-0.39, 0.29) is 24.0 Å². The molecule has 1 aromatic heterocycles. The fourth-order valence-corrected chi connectivity index (χ4v) is 3.97. The third-order valence-corrected chi connectivity index (χ3v) is 6.53. The molecule has 10 heteroatoms. The van der Waals surface area contributed by atoms with E-state index >= 15 is 0 Å². The third kappa shape index (κ3) is 6.40. The Morgan fingerprint density at radius 2 is 1.93 bits per heavy atom. The Morgan fingerprint density at radius 1 is 1.28 bits per heavy atom. The van der Waals surface area contributed by atoms with Crippen LogP contribution in [0.3, 0.4) is 0 Å². The minimum absolute atomic E-state index is 0.0457. The molecule has 162 valence electrons. The summed E-state index contributed by atoms with van der Waals surface area (Å²) in [5, 5.41) is 2.40. The van der Waals surface area contributed by atoms with Gasteiger partial charge in [-0.2, -0.15) is 4.31 Å². The van der Waals surface area contributed by atoms with E-state index < -0.39 is 27.6 Å². The highest BCUT2D eigenvalue weighted by Crippen LogP contribution is 2.25. The van der Waals surface area contributed by atoms with Crippen LogP contribution in [0.15, 0.2) is 29.4 Å². The number of ether oxygens (including phenoxy) is 1. The number of hydrogen-bond donors (Lipinski definition) is 1. The standard InChI is InChI=1S/C19H30N4O5S/c1-19(2,3)15(14-22(4)29(26,27)16-9-5-6-10-20-16)28-18(25)21-13-17(24)23-11-7-8-12-23/h5-6,9-10,15H,7-8,11-14H2,1-4H3,(H,21,25). The molecule has 0 radical (unpaired) electrons. The van der Waals surface area contributed by atoms with Gasteiger partial charge in [0.15, 0.2) is 5.03 Å². The molecule has 2 amide bonds. The number of pyridine rings is 1. The third-order valence-electron chi connectivity index (χ3n) is 4.79. The maximum absolute atomic E-state index is 12.7. The van der Waals surface area contributed by atoms with E-state index in [1.165, 1.54) is 19.3 Å². The summed E-state index contributed by atoms with van der Waals surface area (Å²) >= 11 is 0. The van der Waals surface area contributed by atoms with Crippen LogP contribution in [-0.2, 0) is 19.6 Å². The highest BCUT2D eigenvalue weighted by Gasteiger charge is 2.34. The number of sulfonamides is 1. The molecule has 0 spiro atoms. The van der Waals surface area contributed by atoms with Crippen LogP contribution >= 0.6 is 0 Å². The number of nitrogens with one attached hydrogen (secondary N) is 1. The topological polar surface area (TPSA) is 109 Å². The van der Waals surface area contributed by atoms with E-state index in [0.29, 0.717) is 13.1 Å². The Labute approximate surface area is 172 Å². The number of carbonyl (C=O) groups is 2. The van der Waals surface area contributed by atoms with Crippen molar-refractivity contribution in [3.63, 3.8) is 0 Å². The Kier molecular flexibility index (Phi) is 7.59. The van der Waals surface area contributed by atoms with Gasteiger partial charge in [-0.15, -0.1) is 0 Å². The Bertz CT molecular complexity index is 802. The van der Waals surface area contributed by atoms with E-state index in [1.807, 2.05) is 20.8 Å². The summed E-state index contributed by atoms with van der Waals surface area (Å²) in [5.74, 6) is -0.151. The van der Waals surface area contributed by atoms with Gasteiger partial charge in [0, 0.05) is 31.7 Å². The molecule has 1 aromatic rings. The molecule has 1 fully saturated rings. The fraction of sp³-hybridized carbons (Fsp3) is 0.632. The molecular formula is C19H30N4O5S. The number of hydrogen-bond acceptors (Lipinski definition) is 6. The predicted molar refractivity (Wildman–Crippen MR) is 108 cm³/mol. The second-order valence-corrected chi connectivity index (χ2v) is 10.1.